The fraction of sp³-hybridized carbons (Fsp3) is 0.750. The minimum Gasteiger partial charge on any atom is -1.00 e. The summed E-state index contributed by atoms with van der Waals surface area (Å²) >= 11 is 0. The normalized spacial score (nSPS) is 12.8. The smallest absolute Gasteiger partial charge is 0.336 e. The molecule has 0 spiro atoms. The van der Waals surface area contributed by atoms with E-state index >= 15 is 0 Å². The number of likely N-dealkylation sites (N-methyl/N-ethyl adjacent to an activating group) is 1. The van der Waals surface area contributed by atoms with Gasteiger partial charge in [-0.25, -0.2) is 4.79 Å². The lowest BCUT2D eigenvalue weighted by molar-refractivity contribution is -0.804. The second-order valence-electron chi connectivity index (χ2n) is 4.09. The Bertz CT molecular complexity index is 192. The lowest BCUT2D eigenvalue weighted by atomic mass is 9.79. The van der Waals surface area contributed by atoms with E-state index < -0.39 is 0 Å². The van der Waals surface area contributed by atoms with Crippen molar-refractivity contribution in [1.29, 1.82) is 0 Å². The Morgan fingerprint density at radius 3 is 1.93 bits per heavy atom. The molecular formula is C12H24ClNO. The average Bonchev–Trinajstić information content (AvgIpc) is 2.24. The van der Waals surface area contributed by atoms with Gasteiger partial charge in [0.05, 0.1) is 13.6 Å². The molecular weight excluding hydrogens is 210 g/mol. The van der Waals surface area contributed by atoms with Gasteiger partial charge in [0.15, 0.2) is 0 Å². The number of quaternary nitrogens is 1. The molecule has 0 saturated heterocycles. The van der Waals surface area contributed by atoms with Crippen LogP contribution in [0.5, 0.6) is 0 Å². The third-order valence-corrected chi connectivity index (χ3v) is 3.50. The molecule has 0 bridgehead atoms. The Morgan fingerprint density at radius 1 is 1.27 bits per heavy atom. The van der Waals surface area contributed by atoms with Gasteiger partial charge < -0.3 is 12.4 Å². The van der Waals surface area contributed by atoms with Gasteiger partial charge in [0.2, 0.25) is 0 Å². The lowest BCUT2D eigenvalue weighted by Gasteiger charge is -2.31. The van der Waals surface area contributed by atoms with Crippen molar-refractivity contribution >= 4 is 5.91 Å². The summed E-state index contributed by atoms with van der Waals surface area (Å²) in [6.07, 6.45) is 4.84. The first-order valence-electron chi connectivity index (χ1n) is 5.54. The minimum absolute atomic E-state index is 0. The van der Waals surface area contributed by atoms with Crippen molar-refractivity contribution in [3.8, 4) is 0 Å². The van der Waals surface area contributed by atoms with Crippen LogP contribution in [-0.4, -0.2) is 19.5 Å². The highest BCUT2D eigenvalue weighted by Crippen LogP contribution is 2.28. The third kappa shape index (κ3) is 4.80. The molecule has 0 radical (unpaired) electrons. The highest BCUT2D eigenvalue weighted by molar-refractivity contribution is 5.78. The largest absolute Gasteiger partial charge is 1.00 e. The number of rotatable bonds is 6. The van der Waals surface area contributed by atoms with Gasteiger partial charge in [-0.2, -0.15) is 0 Å². The van der Waals surface area contributed by atoms with Crippen molar-refractivity contribution in [2.45, 2.75) is 40.0 Å². The van der Waals surface area contributed by atoms with Crippen molar-refractivity contribution in [3.05, 3.63) is 12.7 Å². The Morgan fingerprint density at radius 2 is 1.67 bits per heavy atom. The summed E-state index contributed by atoms with van der Waals surface area (Å²) in [7, 11) is 1.93. The Kier molecular flexibility index (Phi) is 8.98. The number of hydrogen-bond acceptors (Lipinski definition) is 1. The van der Waals surface area contributed by atoms with Gasteiger partial charge >= 0.3 is 5.91 Å². The molecule has 2 nitrogen and oxygen atoms in total. The van der Waals surface area contributed by atoms with E-state index in [9.17, 15) is 4.79 Å². The van der Waals surface area contributed by atoms with Crippen LogP contribution < -0.4 is 17.3 Å². The van der Waals surface area contributed by atoms with E-state index in [2.05, 4.69) is 27.4 Å². The van der Waals surface area contributed by atoms with Crippen molar-refractivity contribution in [1.82, 2.24) is 0 Å². The number of nitrogens with one attached hydrogen (secondary N) is 1. The molecule has 0 aliphatic rings. The third-order valence-electron chi connectivity index (χ3n) is 3.50. The minimum atomic E-state index is 0. The van der Waals surface area contributed by atoms with Gasteiger partial charge in [-0.3, -0.25) is 4.90 Å². The first-order valence-corrected chi connectivity index (χ1v) is 5.54. The Labute approximate surface area is 100 Å². The van der Waals surface area contributed by atoms with E-state index in [1.54, 1.807) is 0 Å². The summed E-state index contributed by atoms with van der Waals surface area (Å²) in [5.41, 5.74) is 0.322. The van der Waals surface area contributed by atoms with Gasteiger partial charge in [0.1, 0.15) is 0 Å². The van der Waals surface area contributed by atoms with Gasteiger partial charge in [-0.15, -0.1) is 0 Å². The maximum atomic E-state index is 11.4. The second-order valence-corrected chi connectivity index (χ2v) is 4.09. The van der Waals surface area contributed by atoms with Crippen LogP contribution in [0.2, 0.25) is 0 Å². The summed E-state index contributed by atoms with van der Waals surface area (Å²) in [5.74, 6) is 0.102. The van der Waals surface area contributed by atoms with Gasteiger partial charge in [-0.1, -0.05) is 27.4 Å². The van der Waals surface area contributed by atoms with E-state index in [1.807, 2.05) is 7.05 Å². The molecule has 3 heteroatoms. The van der Waals surface area contributed by atoms with Crippen LogP contribution in [0.1, 0.15) is 40.0 Å². The SMILES string of the molecule is C=CC(=O)[NH+](C)CC(CC)(CC)CC.[Cl-]. The average molecular weight is 234 g/mol. The molecule has 0 saturated carbocycles. The quantitative estimate of drug-likeness (QED) is 0.551. The molecule has 0 rings (SSSR count). The van der Waals surface area contributed by atoms with Crippen LogP contribution in [0.4, 0.5) is 0 Å². The first-order chi connectivity index (χ1) is 6.55. The zero-order valence-electron chi connectivity index (χ0n) is 10.4. The summed E-state index contributed by atoms with van der Waals surface area (Å²) in [6.45, 7) is 11.1. The summed E-state index contributed by atoms with van der Waals surface area (Å²) < 4.78 is 0. The standard InChI is InChI=1S/C12H23NO.ClH/c1-6-11(14)13(5)10-12(7-2,8-3)9-4;/h6H,1,7-10H2,2-5H3;1H. The predicted molar refractivity (Wildman–Crippen MR) is 60.3 cm³/mol. The number of hydrogen-bond donors (Lipinski definition) is 1. The van der Waals surface area contributed by atoms with Gasteiger partial charge in [0.25, 0.3) is 0 Å². The molecule has 0 fully saturated rings. The molecule has 0 aromatic carbocycles. The van der Waals surface area contributed by atoms with E-state index in [0.717, 1.165) is 30.7 Å². The van der Waals surface area contributed by atoms with E-state index in [1.165, 1.54) is 6.08 Å². The zero-order valence-corrected chi connectivity index (χ0v) is 11.2. The van der Waals surface area contributed by atoms with Crippen molar-refractivity contribution < 1.29 is 22.1 Å². The number of halogens is 1. The topological polar surface area (TPSA) is 21.5 Å². The second kappa shape index (κ2) is 7.89. The fourth-order valence-electron chi connectivity index (χ4n) is 1.95. The molecule has 15 heavy (non-hydrogen) atoms. The fourth-order valence-corrected chi connectivity index (χ4v) is 1.95. The summed E-state index contributed by atoms with van der Waals surface area (Å²) in [4.78, 5) is 12.3. The van der Waals surface area contributed by atoms with Crippen LogP contribution in [0.25, 0.3) is 0 Å². The maximum absolute atomic E-state index is 11.4. The molecule has 90 valence electrons. The molecule has 1 amide bonds. The molecule has 1 unspecified atom stereocenters. The van der Waals surface area contributed by atoms with E-state index in [-0.39, 0.29) is 18.3 Å². The number of amides is 1. The number of carbonyl (C=O) groups excluding carboxylic acids is 1. The van der Waals surface area contributed by atoms with Gasteiger partial charge in [-0.05, 0) is 19.3 Å². The van der Waals surface area contributed by atoms with Crippen molar-refractivity contribution in [2.75, 3.05) is 13.6 Å². The highest BCUT2D eigenvalue weighted by Gasteiger charge is 2.29. The highest BCUT2D eigenvalue weighted by atomic mass is 35.5. The first kappa shape index (κ1) is 17.1. The molecule has 0 aliphatic heterocycles. The van der Waals surface area contributed by atoms with Crippen LogP contribution in [0.3, 0.4) is 0 Å². The molecule has 1 N–H and O–H groups in total. The lowest BCUT2D eigenvalue weighted by Crippen LogP contribution is -3.12. The predicted octanol–water partition coefficient (Wildman–Crippen LogP) is -1.57. The van der Waals surface area contributed by atoms with E-state index in [0.29, 0.717) is 5.41 Å². The zero-order chi connectivity index (χ0) is 11.2. The van der Waals surface area contributed by atoms with Crippen molar-refractivity contribution in [3.63, 3.8) is 0 Å². The van der Waals surface area contributed by atoms with Crippen LogP contribution >= 0.6 is 0 Å². The molecule has 0 aromatic rings. The van der Waals surface area contributed by atoms with Crippen LogP contribution in [0.15, 0.2) is 12.7 Å². The maximum Gasteiger partial charge on any atom is 0.336 e. The summed E-state index contributed by atoms with van der Waals surface area (Å²) in [5, 5.41) is 0. The van der Waals surface area contributed by atoms with Crippen LogP contribution in [-0.2, 0) is 4.79 Å². The monoisotopic (exact) mass is 233 g/mol. The molecule has 0 aromatic heterocycles. The van der Waals surface area contributed by atoms with Crippen molar-refractivity contribution in [2.24, 2.45) is 5.41 Å². The Balaban J connectivity index is 0. The van der Waals surface area contributed by atoms with Crippen LogP contribution in [0, 0.1) is 5.41 Å². The molecule has 1 atom stereocenters. The Hall–Kier alpha value is -0.340. The number of carbonyl (C=O) groups is 1. The molecule has 0 aliphatic carbocycles. The summed E-state index contributed by atoms with van der Waals surface area (Å²) in [6, 6.07) is 0. The van der Waals surface area contributed by atoms with E-state index in [4.69, 9.17) is 0 Å². The van der Waals surface area contributed by atoms with Gasteiger partial charge in [0, 0.05) is 11.5 Å². The molecule has 0 heterocycles.